The van der Waals surface area contributed by atoms with Gasteiger partial charge in [0.15, 0.2) is 0 Å². The molecule has 65 heavy (non-hydrogen) atoms. The van der Waals surface area contributed by atoms with Crippen molar-refractivity contribution in [3.8, 4) is 0 Å². The third kappa shape index (κ3) is 49.8. The first-order valence-corrected chi connectivity index (χ1v) is 27.4. The molecule has 386 valence electrons. The van der Waals surface area contributed by atoms with Gasteiger partial charge in [-0.2, -0.15) is 0 Å². The van der Waals surface area contributed by atoms with Crippen LogP contribution >= 0.6 is 0 Å². The van der Waals surface area contributed by atoms with Crippen molar-refractivity contribution in [2.75, 3.05) is 53.4 Å². The molecule has 0 amide bonds. The number of hydrogen-bond acceptors (Lipinski definition) is 11. The molecular weight excluding hydrogens is 845 g/mol. The molecule has 0 saturated heterocycles. The van der Waals surface area contributed by atoms with Crippen LogP contribution in [-0.4, -0.2) is 122 Å². The summed E-state index contributed by atoms with van der Waals surface area (Å²) in [7, 11) is -1.51. The van der Waals surface area contributed by atoms with Crippen molar-refractivity contribution in [2.24, 2.45) is 0 Å². The molecule has 0 rings (SSSR count). The Bertz CT molecular complexity index is 1260. The lowest BCUT2D eigenvalue weighted by Crippen LogP contribution is -2.56. The fourth-order valence-electron chi connectivity index (χ4n) is 8.21. The maximum atomic E-state index is 12.7. The number of hydrogen-bond donors (Lipinski definition) is 2. The van der Waals surface area contributed by atoms with E-state index in [0.717, 1.165) is 52.1 Å². The normalized spacial score (nSPS) is 14.8. The molecule has 12 nitrogen and oxygen atoms in total. The number of aliphatic hydroxyl groups excluding tert-OH is 2. The summed E-state index contributed by atoms with van der Waals surface area (Å²) in [6.45, 7) is 15.4. The smallest absolute Gasteiger partial charge is 0.306 e. The van der Waals surface area contributed by atoms with E-state index in [-0.39, 0.29) is 24.1 Å². The molecule has 0 aromatic rings. The van der Waals surface area contributed by atoms with Crippen molar-refractivity contribution in [1.82, 2.24) is 4.90 Å². The van der Waals surface area contributed by atoms with Gasteiger partial charge in [0.1, 0.15) is 31.4 Å². The molecule has 0 fully saturated rings. The minimum absolute atomic E-state index is 0.144. The van der Waals surface area contributed by atoms with E-state index in [9.17, 15) is 32.8 Å². The van der Waals surface area contributed by atoms with Crippen molar-refractivity contribution in [3.63, 3.8) is 0 Å². The fraction of sp³-hybridized carbons (Fsp3) is 0.885. The summed E-state index contributed by atoms with van der Waals surface area (Å²) in [5.74, 6) is -0.298. The molecule has 0 aromatic carbocycles. The van der Waals surface area contributed by atoms with Crippen LogP contribution in [0.4, 0.5) is 0 Å². The highest BCUT2D eigenvalue weighted by molar-refractivity contribution is 7.80. The fourth-order valence-corrected chi connectivity index (χ4v) is 8.21. The van der Waals surface area contributed by atoms with Crippen LogP contribution in [0.1, 0.15) is 221 Å². The quantitative estimate of drug-likeness (QED) is 0.0149. The lowest BCUT2D eigenvalue weighted by molar-refractivity contribution is -0.914. The van der Waals surface area contributed by atoms with Gasteiger partial charge in [0.25, 0.3) is 0 Å². The van der Waals surface area contributed by atoms with Gasteiger partial charge in [0.2, 0.25) is 10.4 Å². The highest BCUT2D eigenvalue weighted by Gasteiger charge is 2.29. The average molecular weight is 947 g/mol. The van der Waals surface area contributed by atoms with Crippen LogP contribution < -0.4 is 0 Å². The number of quaternary nitrogens is 1. The number of nitrogens with zero attached hydrogens (tertiary/aromatic N) is 2. The molecule has 5 atom stereocenters. The number of aliphatic hydroxyl groups is 2. The first-order valence-electron chi connectivity index (χ1n) is 26.1. The highest BCUT2D eigenvalue weighted by atomic mass is 32.3. The zero-order valence-corrected chi connectivity index (χ0v) is 43.9. The van der Waals surface area contributed by atoms with E-state index < -0.39 is 22.6 Å². The Balaban J connectivity index is 0. The number of esters is 2. The highest BCUT2D eigenvalue weighted by Crippen LogP contribution is 2.15. The van der Waals surface area contributed by atoms with Gasteiger partial charge in [-0.25, -0.2) is 8.42 Å². The number of likely N-dealkylation sites (N-methyl/N-ethyl adjacent to an activating group) is 1. The van der Waals surface area contributed by atoms with Gasteiger partial charge in [-0.15, -0.1) is 0 Å². The Hall–Kier alpha value is -1.87. The van der Waals surface area contributed by atoms with Gasteiger partial charge in [0.05, 0.1) is 26.8 Å². The number of rotatable bonds is 44. The summed E-state index contributed by atoms with van der Waals surface area (Å²) in [4.78, 5) is 27.5. The van der Waals surface area contributed by atoms with Crippen LogP contribution in [0.25, 0.3) is 0 Å². The molecule has 0 radical (unpaired) electrons. The van der Waals surface area contributed by atoms with E-state index in [1.54, 1.807) is 13.8 Å². The Morgan fingerprint density at radius 2 is 0.923 bits per heavy atom. The number of allylic oxidation sites excluding steroid dienone is 4. The molecule has 0 bridgehead atoms. The van der Waals surface area contributed by atoms with Crippen LogP contribution in [0, 0.1) is 0 Å². The van der Waals surface area contributed by atoms with E-state index in [0.29, 0.717) is 56.6 Å². The standard InChI is InChI=1S/C51H99N2O6.CH4O4S/c1-8-10-12-14-16-18-20-22-24-26-28-30-32-34-36-38-50(56)58-48(5)43-52(42-46(3)54)40-41-53(7,44-47(4)55)45-49(6)59-51(57)39-37-35-33-31-29-27-25-23-21-19-17-15-13-11-9-2;1-5-6(2,3)4/h21-24,46-49,54-55H,8-20,25-45H2,1-7H3;1H3,(H,2,3,4)/q+1;/p-1/b23-21+,24-22+;. The molecular formula is C52H102N2O10S. The Morgan fingerprint density at radius 3 is 1.28 bits per heavy atom. The van der Waals surface area contributed by atoms with Gasteiger partial charge in [0, 0.05) is 32.5 Å². The molecule has 0 aliphatic carbocycles. The van der Waals surface area contributed by atoms with Crippen LogP contribution in [0.2, 0.25) is 0 Å². The number of ether oxygens (including phenoxy) is 2. The van der Waals surface area contributed by atoms with Crippen molar-refractivity contribution < 1.29 is 50.9 Å². The molecule has 0 saturated carbocycles. The molecule has 5 unspecified atom stereocenters. The average Bonchev–Trinajstić information content (AvgIpc) is 3.22. The Morgan fingerprint density at radius 1 is 0.569 bits per heavy atom. The molecule has 2 N–H and O–H groups in total. The summed E-state index contributed by atoms with van der Waals surface area (Å²) in [6, 6.07) is 0. The maximum Gasteiger partial charge on any atom is 0.306 e. The SMILES string of the molecule is CCCCCCC/C=C/CCCCCCCCC(=O)OC(C)C[N+](C)(CCN(CC(C)O)CC(C)OC(=O)CCCCCCC/C=C/CCCCCCCC)CC(C)O.COS(=O)(=O)[O-]. The zero-order valence-electron chi connectivity index (χ0n) is 43.1. The van der Waals surface area contributed by atoms with E-state index >= 15 is 0 Å². The molecule has 0 heterocycles. The van der Waals surface area contributed by atoms with Crippen molar-refractivity contribution >= 4 is 22.3 Å². The molecule has 13 heteroatoms. The minimum atomic E-state index is -4.41. The van der Waals surface area contributed by atoms with Gasteiger partial charge in [-0.1, -0.05) is 141 Å². The molecule has 0 aliphatic heterocycles. The number of carbonyl (C=O) groups excluding carboxylic acids is 2. The van der Waals surface area contributed by atoms with E-state index in [1.165, 1.54) is 122 Å². The lowest BCUT2D eigenvalue weighted by Gasteiger charge is -2.39. The van der Waals surface area contributed by atoms with Crippen molar-refractivity contribution in [3.05, 3.63) is 24.3 Å². The van der Waals surface area contributed by atoms with Gasteiger partial charge >= 0.3 is 11.9 Å². The largest absolute Gasteiger partial charge is 0.726 e. The van der Waals surface area contributed by atoms with Crippen LogP contribution in [-0.2, 0) is 33.6 Å². The topological polar surface area (TPSA) is 163 Å². The molecule has 0 aromatic heterocycles. The van der Waals surface area contributed by atoms with Gasteiger partial charge < -0.3 is 28.7 Å². The van der Waals surface area contributed by atoms with Gasteiger partial charge in [-0.05, 0) is 91.9 Å². The van der Waals surface area contributed by atoms with E-state index in [2.05, 4.69) is 54.3 Å². The Labute approximate surface area is 400 Å². The van der Waals surface area contributed by atoms with Crippen molar-refractivity contribution in [2.45, 2.75) is 246 Å². The van der Waals surface area contributed by atoms with E-state index in [1.807, 2.05) is 13.8 Å². The second kappa shape index (κ2) is 44.6. The summed E-state index contributed by atoms with van der Waals surface area (Å²) in [6.07, 6.45) is 40.5. The Kier molecular flexibility index (Phi) is 44.8. The number of carbonyl (C=O) groups is 2. The van der Waals surface area contributed by atoms with Gasteiger partial charge in [-0.3, -0.25) is 18.7 Å². The third-order valence-corrected chi connectivity index (χ3v) is 12.0. The second-order valence-electron chi connectivity index (χ2n) is 19.0. The maximum absolute atomic E-state index is 12.7. The zero-order chi connectivity index (χ0) is 49.0. The summed E-state index contributed by atoms with van der Waals surface area (Å²) in [5.41, 5.74) is 0. The molecule has 0 spiro atoms. The summed E-state index contributed by atoms with van der Waals surface area (Å²) < 4.78 is 43.2. The second-order valence-corrected chi connectivity index (χ2v) is 20.2. The first kappa shape index (κ1) is 65.2. The monoisotopic (exact) mass is 947 g/mol. The summed E-state index contributed by atoms with van der Waals surface area (Å²) in [5, 5.41) is 20.7. The first-order chi connectivity index (χ1) is 31.0. The molecule has 0 aliphatic rings. The van der Waals surface area contributed by atoms with Crippen LogP contribution in [0.5, 0.6) is 0 Å². The van der Waals surface area contributed by atoms with Crippen LogP contribution in [0.3, 0.4) is 0 Å². The number of unbranched alkanes of at least 4 members (excludes halogenated alkanes) is 22. The van der Waals surface area contributed by atoms with E-state index in [4.69, 9.17) is 9.47 Å². The third-order valence-electron chi connectivity index (χ3n) is 11.6. The lowest BCUT2D eigenvalue weighted by atomic mass is 10.1. The minimum Gasteiger partial charge on any atom is -0.726 e. The predicted octanol–water partition coefficient (Wildman–Crippen LogP) is 11.5. The van der Waals surface area contributed by atoms with Crippen molar-refractivity contribution in [1.29, 1.82) is 0 Å². The van der Waals surface area contributed by atoms with Crippen LogP contribution in [0.15, 0.2) is 24.3 Å². The predicted molar refractivity (Wildman–Crippen MR) is 267 cm³/mol. The summed E-state index contributed by atoms with van der Waals surface area (Å²) >= 11 is 0.